The molecule has 2 aromatic carbocycles. The molecule has 0 spiro atoms. The highest BCUT2D eigenvalue weighted by atomic mass is 16.5. The lowest BCUT2D eigenvalue weighted by molar-refractivity contribution is 0.172. The first kappa shape index (κ1) is 13.9. The molecule has 0 bridgehead atoms. The van der Waals surface area contributed by atoms with Crippen molar-refractivity contribution in [3.63, 3.8) is 0 Å². The van der Waals surface area contributed by atoms with Gasteiger partial charge in [0.2, 0.25) is 0 Å². The molecule has 0 saturated heterocycles. The summed E-state index contributed by atoms with van der Waals surface area (Å²) < 4.78 is 5.80. The van der Waals surface area contributed by atoms with E-state index in [1.165, 1.54) is 11.1 Å². The Morgan fingerprint density at radius 1 is 0.857 bits per heavy atom. The Morgan fingerprint density at radius 2 is 1.43 bits per heavy atom. The van der Waals surface area contributed by atoms with Crippen LogP contribution in [0.3, 0.4) is 0 Å². The highest BCUT2D eigenvalue weighted by Gasteiger charge is 2.26. The summed E-state index contributed by atoms with van der Waals surface area (Å²) in [5, 5.41) is 0. The maximum atomic E-state index is 6.56. The minimum absolute atomic E-state index is 0.122. The Labute approximate surface area is 126 Å². The molecule has 2 aromatic rings. The molecule has 0 aromatic heterocycles. The molecule has 1 atom stereocenters. The van der Waals surface area contributed by atoms with Gasteiger partial charge >= 0.3 is 0 Å². The quantitative estimate of drug-likeness (QED) is 0.923. The summed E-state index contributed by atoms with van der Waals surface area (Å²) in [6, 6.07) is 20.7. The van der Waals surface area contributed by atoms with Crippen molar-refractivity contribution in [3.05, 3.63) is 83.6 Å². The maximum absolute atomic E-state index is 6.56. The zero-order valence-corrected chi connectivity index (χ0v) is 12.1. The third-order valence-electron chi connectivity index (χ3n) is 3.97. The van der Waals surface area contributed by atoms with Crippen LogP contribution >= 0.6 is 0 Å². The third-order valence-corrected chi connectivity index (χ3v) is 3.97. The summed E-state index contributed by atoms with van der Waals surface area (Å²) in [5.74, 6) is 1.05. The zero-order chi connectivity index (χ0) is 14.5. The van der Waals surface area contributed by atoms with Crippen molar-refractivity contribution >= 4 is 0 Å². The van der Waals surface area contributed by atoms with Crippen molar-refractivity contribution in [3.8, 4) is 0 Å². The number of ether oxygens (including phenoxy) is 1. The Bertz CT molecular complexity index is 552. The topological polar surface area (TPSA) is 35.2 Å². The SMILES string of the molecule is NC(C1=CCCCO1)C(c1ccccc1)c1ccccc1. The monoisotopic (exact) mass is 279 g/mol. The van der Waals surface area contributed by atoms with E-state index in [-0.39, 0.29) is 12.0 Å². The van der Waals surface area contributed by atoms with Gasteiger partial charge in [-0.25, -0.2) is 0 Å². The third kappa shape index (κ3) is 3.17. The van der Waals surface area contributed by atoms with Crippen LogP contribution in [0.4, 0.5) is 0 Å². The molecule has 3 rings (SSSR count). The van der Waals surface area contributed by atoms with Crippen LogP contribution < -0.4 is 5.73 Å². The van der Waals surface area contributed by atoms with Crippen LogP contribution in [0.5, 0.6) is 0 Å². The fourth-order valence-electron chi connectivity index (χ4n) is 2.90. The van der Waals surface area contributed by atoms with Crippen LogP contribution in [0.15, 0.2) is 72.5 Å². The van der Waals surface area contributed by atoms with Gasteiger partial charge in [0.1, 0.15) is 5.76 Å². The molecule has 0 radical (unpaired) electrons. The summed E-state index contributed by atoms with van der Waals surface area (Å²) in [7, 11) is 0. The van der Waals surface area contributed by atoms with Crippen molar-refractivity contribution < 1.29 is 4.74 Å². The van der Waals surface area contributed by atoms with Gasteiger partial charge in [-0.1, -0.05) is 60.7 Å². The molecule has 2 heteroatoms. The molecule has 2 N–H and O–H groups in total. The standard InChI is InChI=1S/C19H21NO/c20-19(17-13-7-8-14-21-17)18(15-9-3-1-4-10-15)16-11-5-2-6-12-16/h1-6,9-13,18-19H,7-8,14,20H2. The molecule has 0 aliphatic carbocycles. The summed E-state index contributed by atoms with van der Waals surface area (Å²) in [5.41, 5.74) is 9.02. The lowest BCUT2D eigenvalue weighted by Gasteiger charge is -2.28. The first-order chi connectivity index (χ1) is 10.4. The summed E-state index contributed by atoms with van der Waals surface area (Å²) in [4.78, 5) is 0. The fraction of sp³-hybridized carbons (Fsp3) is 0.263. The van der Waals surface area contributed by atoms with Crippen LogP contribution in [0.2, 0.25) is 0 Å². The first-order valence-corrected chi connectivity index (χ1v) is 7.54. The van der Waals surface area contributed by atoms with Gasteiger partial charge < -0.3 is 10.5 Å². The molecular weight excluding hydrogens is 258 g/mol. The van der Waals surface area contributed by atoms with E-state index in [1.807, 2.05) is 12.1 Å². The molecule has 0 amide bonds. The number of rotatable bonds is 4. The van der Waals surface area contributed by atoms with Crippen LogP contribution in [0.1, 0.15) is 29.9 Å². The van der Waals surface area contributed by atoms with E-state index in [0.29, 0.717) is 0 Å². The predicted octanol–water partition coefficient (Wildman–Crippen LogP) is 3.84. The lowest BCUT2D eigenvalue weighted by Crippen LogP contribution is -2.33. The molecule has 0 saturated carbocycles. The second-order valence-electron chi connectivity index (χ2n) is 5.42. The molecular formula is C19H21NO. The fourth-order valence-corrected chi connectivity index (χ4v) is 2.90. The lowest BCUT2D eigenvalue weighted by atomic mass is 9.84. The van der Waals surface area contributed by atoms with E-state index in [0.717, 1.165) is 25.2 Å². The number of hydrogen-bond acceptors (Lipinski definition) is 2. The number of allylic oxidation sites excluding steroid dienone is 1. The van der Waals surface area contributed by atoms with Crippen molar-refractivity contribution in [1.29, 1.82) is 0 Å². The minimum Gasteiger partial charge on any atom is -0.497 e. The van der Waals surface area contributed by atoms with E-state index >= 15 is 0 Å². The van der Waals surface area contributed by atoms with E-state index in [4.69, 9.17) is 10.5 Å². The molecule has 21 heavy (non-hydrogen) atoms. The van der Waals surface area contributed by atoms with Gasteiger partial charge in [-0.2, -0.15) is 0 Å². The largest absolute Gasteiger partial charge is 0.497 e. The molecule has 1 heterocycles. The molecule has 1 aliphatic heterocycles. The highest BCUT2D eigenvalue weighted by Crippen LogP contribution is 2.31. The maximum Gasteiger partial charge on any atom is 0.110 e. The van der Waals surface area contributed by atoms with Gasteiger partial charge in [-0.15, -0.1) is 0 Å². The second-order valence-corrected chi connectivity index (χ2v) is 5.42. The Morgan fingerprint density at radius 3 is 1.90 bits per heavy atom. The van der Waals surface area contributed by atoms with Crippen LogP contribution in [0, 0.1) is 0 Å². The Balaban J connectivity index is 1.98. The van der Waals surface area contributed by atoms with Crippen LogP contribution in [-0.2, 0) is 4.74 Å². The Hall–Kier alpha value is -2.06. The van der Waals surface area contributed by atoms with Gasteiger partial charge in [0, 0.05) is 5.92 Å². The number of benzene rings is 2. The highest BCUT2D eigenvalue weighted by molar-refractivity contribution is 5.36. The average Bonchev–Trinajstić information content (AvgIpc) is 2.58. The number of nitrogens with two attached hydrogens (primary N) is 1. The first-order valence-electron chi connectivity index (χ1n) is 7.54. The van der Waals surface area contributed by atoms with Crippen molar-refractivity contribution in [2.24, 2.45) is 5.73 Å². The van der Waals surface area contributed by atoms with Crippen LogP contribution in [0.25, 0.3) is 0 Å². The summed E-state index contributed by atoms with van der Waals surface area (Å²) >= 11 is 0. The molecule has 108 valence electrons. The summed E-state index contributed by atoms with van der Waals surface area (Å²) in [6.07, 6.45) is 4.28. The smallest absolute Gasteiger partial charge is 0.110 e. The van der Waals surface area contributed by atoms with E-state index in [2.05, 4.69) is 54.6 Å². The van der Waals surface area contributed by atoms with Crippen LogP contribution in [-0.4, -0.2) is 12.6 Å². The van der Waals surface area contributed by atoms with Gasteiger partial charge in [-0.3, -0.25) is 0 Å². The average molecular weight is 279 g/mol. The van der Waals surface area contributed by atoms with Gasteiger partial charge in [0.05, 0.1) is 12.6 Å². The number of hydrogen-bond donors (Lipinski definition) is 1. The zero-order valence-electron chi connectivity index (χ0n) is 12.1. The Kier molecular flexibility index (Phi) is 4.37. The van der Waals surface area contributed by atoms with Gasteiger partial charge in [0.25, 0.3) is 0 Å². The van der Waals surface area contributed by atoms with Crippen molar-refractivity contribution in [1.82, 2.24) is 0 Å². The summed E-state index contributed by atoms with van der Waals surface area (Å²) in [6.45, 7) is 0.774. The second kappa shape index (κ2) is 6.59. The van der Waals surface area contributed by atoms with Gasteiger partial charge in [0.15, 0.2) is 0 Å². The van der Waals surface area contributed by atoms with Crippen molar-refractivity contribution in [2.45, 2.75) is 24.8 Å². The molecule has 1 unspecified atom stereocenters. The minimum atomic E-state index is -0.143. The van der Waals surface area contributed by atoms with Crippen molar-refractivity contribution in [2.75, 3.05) is 6.61 Å². The molecule has 2 nitrogen and oxygen atoms in total. The van der Waals surface area contributed by atoms with E-state index in [9.17, 15) is 0 Å². The molecule has 0 fully saturated rings. The van der Waals surface area contributed by atoms with E-state index < -0.39 is 0 Å². The normalized spacial score (nSPS) is 16.2. The van der Waals surface area contributed by atoms with Gasteiger partial charge in [-0.05, 0) is 30.0 Å². The predicted molar refractivity (Wildman–Crippen MR) is 86.0 cm³/mol. The molecule has 1 aliphatic rings. The van der Waals surface area contributed by atoms with E-state index in [1.54, 1.807) is 0 Å².